The summed E-state index contributed by atoms with van der Waals surface area (Å²) in [7, 11) is 1.70. The summed E-state index contributed by atoms with van der Waals surface area (Å²) in [6.45, 7) is 8.00. The second-order valence-corrected chi connectivity index (χ2v) is 5.26. The third-order valence-electron chi connectivity index (χ3n) is 3.42. The predicted molar refractivity (Wildman–Crippen MR) is 81.0 cm³/mol. The summed E-state index contributed by atoms with van der Waals surface area (Å²) in [5.41, 5.74) is 3.59. The van der Waals surface area contributed by atoms with E-state index < -0.39 is 0 Å². The summed E-state index contributed by atoms with van der Waals surface area (Å²) in [4.78, 5) is 0. The first-order chi connectivity index (χ1) is 9.61. The SMILES string of the molecule is COc1ccccc1Cn1ncc(CNC(C)C)c1C. The Balaban J connectivity index is 2.14. The van der Waals surface area contributed by atoms with Gasteiger partial charge in [-0.1, -0.05) is 32.0 Å². The Bertz CT molecular complexity index is 561. The highest BCUT2D eigenvalue weighted by molar-refractivity contribution is 5.33. The van der Waals surface area contributed by atoms with Crippen LogP contribution in [-0.4, -0.2) is 22.9 Å². The van der Waals surface area contributed by atoms with Gasteiger partial charge in [-0.05, 0) is 13.0 Å². The summed E-state index contributed by atoms with van der Waals surface area (Å²) in [5, 5.41) is 7.91. The maximum Gasteiger partial charge on any atom is 0.123 e. The van der Waals surface area contributed by atoms with E-state index in [9.17, 15) is 0 Å². The van der Waals surface area contributed by atoms with Gasteiger partial charge in [-0.2, -0.15) is 5.10 Å². The lowest BCUT2D eigenvalue weighted by Crippen LogP contribution is -2.22. The Morgan fingerprint density at radius 3 is 2.70 bits per heavy atom. The van der Waals surface area contributed by atoms with E-state index in [4.69, 9.17) is 4.74 Å². The Morgan fingerprint density at radius 2 is 2.00 bits per heavy atom. The van der Waals surface area contributed by atoms with Crippen LogP contribution < -0.4 is 10.1 Å². The third kappa shape index (κ3) is 3.39. The first kappa shape index (κ1) is 14.6. The molecule has 108 valence electrons. The van der Waals surface area contributed by atoms with Crippen molar-refractivity contribution in [2.75, 3.05) is 7.11 Å². The first-order valence-corrected chi connectivity index (χ1v) is 6.98. The van der Waals surface area contributed by atoms with Crippen molar-refractivity contribution >= 4 is 0 Å². The summed E-state index contributed by atoms with van der Waals surface area (Å²) in [6, 6.07) is 8.54. The van der Waals surface area contributed by atoms with Gasteiger partial charge in [-0.25, -0.2) is 0 Å². The van der Waals surface area contributed by atoms with Crippen molar-refractivity contribution in [2.45, 2.75) is 39.9 Å². The third-order valence-corrected chi connectivity index (χ3v) is 3.42. The first-order valence-electron chi connectivity index (χ1n) is 6.98. The fourth-order valence-corrected chi connectivity index (χ4v) is 2.13. The monoisotopic (exact) mass is 273 g/mol. The molecule has 0 aliphatic heterocycles. The molecule has 1 aromatic heterocycles. The molecule has 1 heterocycles. The van der Waals surface area contributed by atoms with Crippen LogP contribution in [0.2, 0.25) is 0 Å². The van der Waals surface area contributed by atoms with E-state index in [1.54, 1.807) is 7.11 Å². The summed E-state index contributed by atoms with van der Waals surface area (Å²) >= 11 is 0. The van der Waals surface area contributed by atoms with Crippen LogP contribution in [0.5, 0.6) is 5.75 Å². The van der Waals surface area contributed by atoms with Gasteiger partial charge >= 0.3 is 0 Å². The van der Waals surface area contributed by atoms with Crippen LogP contribution >= 0.6 is 0 Å². The number of rotatable bonds is 6. The van der Waals surface area contributed by atoms with Crippen LogP contribution in [0.1, 0.15) is 30.7 Å². The molecule has 1 N–H and O–H groups in total. The highest BCUT2D eigenvalue weighted by Gasteiger charge is 2.09. The number of hydrogen-bond acceptors (Lipinski definition) is 3. The lowest BCUT2D eigenvalue weighted by atomic mass is 10.2. The standard InChI is InChI=1S/C16H23N3O/c1-12(2)17-9-15-10-18-19(13(15)3)11-14-7-5-6-8-16(14)20-4/h5-8,10,12,17H,9,11H2,1-4H3. The molecule has 0 unspecified atom stereocenters. The second kappa shape index (κ2) is 6.57. The summed E-state index contributed by atoms with van der Waals surface area (Å²) in [5.74, 6) is 0.907. The zero-order valence-corrected chi connectivity index (χ0v) is 12.7. The molecule has 0 atom stereocenters. The second-order valence-electron chi connectivity index (χ2n) is 5.26. The van der Waals surface area contributed by atoms with Crippen molar-refractivity contribution in [3.63, 3.8) is 0 Å². The van der Waals surface area contributed by atoms with Crippen molar-refractivity contribution < 1.29 is 4.74 Å². The van der Waals surface area contributed by atoms with Crippen LogP contribution in [0.4, 0.5) is 0 Å². The number of aromatic nitrogens is 2. The number of benzene rings is 1. The average Bonchev–Trinajstić information content (AvgIpc) is 2.78. The highest BCUT2D eigenvalue weighted by Crippen LogP contribution is 2.19. The molecule has 1 aromatic carbocycles. The van der Waals surface area contributed by atoms with E-state index in [-0.39, 0.29) is 0 Å². The molecular weight excluding hydrogens is 250 g/mol. The van der Waals surface area contributed by atoms with E-state index in [0.717, 1.165) is 24.4 Å². The van der Waals surface area contributed by atoms with Gasteiger partial charge in [0.2, 0.25) is 0 Å². The predicted octanol–water partition coefficient (Wildman–Crippen LogP) is 2.75. The van der Waals surface area contributed by atoms with Gasteiger partial charge in [-0.3, -0.25) is 4.68 Å². The maximum absolute atomic E-state index is 5.39. The fourth-order valence-electron chi connectivity index (χ4n) is 2.13. The summed E-state index contributed by atoms with van der Waals surface area (Å²) < 4.78 is 7.41. The molecule has 0 amide bonds. The minimum absolute atomic E-state index is 0.479. The Labute approximate surface area is 120 Å². The molecule has 4 nitrogen and oxygen atoms in total. The van der Waals surface area contributed by atoms with Gasteiger partial charge in [0.15, 0.2) is 0 Å². The van der Waals surface area contributed by atoms with E-state index in [2.05, 4.69) is 37.3 Å². The smallest absolute Gasteiger partial charge is 0.123 e. The number of nitrogens with zero attached hydrogens (tertiary/aromatic N) is 2. The summed E-state index contributed by atoms with van der Waals surface area (Å²) in [6.07, 6.45) is 1.94. The molecule has 4 heteroatoms. The number of nitrogens with one attached hydrogen (secondary N) is 1. The quantitative estimate of drug-likeness (QED) is 0.879. The van der Waals surface area contributed by atoms with E-state index >= 15 is 0 Å². The van der Waals surface area contributed by atoms with Gasteiger partial charge in [0.05, 0.1) is 19.9 Å². The number of para-hydroxylation sites is 1. The normalized spacial score (nSPS) is 11.1. The topological polar surface area (TPSA) is 39.1 Å². The number of methoxy groups -OCH3 is 1. The van der Waals surface area contributed by atoms with Crippen molar-refractivity contribution in [1.82, 2.24) is 15.1 Å². The van der Waals surface area contributed by atoms with Crippen molar-refractivity contribution in [3.8, 4) is 5.75 Å². The van der Waals surface area contributed by atoms with Crippen molar-refractivity contribution in [1.29, 1.82) is 0 Å². The average molecular weight is 273 g/mol. The lowest BCUT2D eigenvalue weighted by Gasteiger charge is -2.11. The zero-order valence-electron chi connectivity index (χ0n) is 12.7. The zero-order chi connectivity index (χ0) is 14.5. The van der Waals surface area contributed by atoms with E-state index in [1.807, 2.05) is 29.1 Å². The molecule has 0 saturated carbocycles. The van der Waals surface area contributed by atoms with Gasteiger partial charge < -0.3 is 10.1 Å². The van der Waals surface area contributed by atoms with Crippen molar-refractivity contribution in [3.05, 3.63) is 47.3 Å². The van der Waals surface area contributed by atoms with Crippen LogP contribution in [0.15, 0.2) is 30.5 Å². The maximum atomic E-state index is 5.39. The van der Waals surface area contributed by atoms with Gasteiger partial charge in [0.1, 0.15) is 5.75 Å². The molecule has 0 aliphatic carbocycles. The van der Waals surface area contributed by atoms with Crippen molar-refractivity contribution in [2.24, 2.45) is 0 Å². The molecule has 0 fully saturated rings. The van der Waals surface area contributed by atoms with E-state index in [1.165, 1.54) is 11.3 Å². The largest absolute Gasteiger partial charge is 0.496 e. The highest BCUT2D eigenvalue weighted by atomic mass is 16.5. The molecule has 0 bridgehead atoms. The Kier molecular flexibility index (Phi) is 4.79. The van der Waals surface area contributed by atoms with Gasteiger partial charge in [0.25, 0.3) is 0 Å². The van der Waals surface area contributed by atoms with Gasteiger partial charge in [-0.15, -0.1) is 0 Å². The van der Waals surface area contributed by atoms with Gasteiger partial charge in [0, 0.05) is 29.4 Å². The number of ether oxygens (including phenoxy) is 1. The van der Waals surface area contributed by atoms with Crippen LogP contribution in [0.3, 0.4) is 0 Å². The molecule has 0 saturated heterocycles. The van der Waals surface area contributed by atoms with Crippen LogP contribution in [0.25, 0.3) is 0 Å². The molecule has 0 aliphatic rings. The Hall–Kier alpha value is -1.81. The molecule has 20 heavy (non-hydrogen) atoms. The molecular formula is C16H23N3O. The van der Waals surface area contributed by atoms with E-state index in [0.29, 0.717) is 6.04 Å². The molecule has 0 spiro atoms. The van der Waals surface area contributed by atoms with Crippen LogP contribution in [-0.2, 0) is 13.1 Å². The molecule has 2 rings (SSSR count). The Morgan fingerprint density at radius 1 is 1.25 bits per heavy atom. The minimum Gasteiger partial charge on any atom is -0.496 e. The molecule has 0 radical (unpaired) electrons. The van der Waals surface area contributed by atoms with Crippen LogP contribution in [0, 0.1) is 6.92 Å². The minimum atomic E-state index is 0.479. The molecule has 2 aromatic rings. The number of hydrogen-bond donors (Lipinski definition) is 1. The fraction of sp³-hybridized carbons (Fsp3) is 0.438. The lowest BCUT2D eigenvalue weighted by molar-refractivity contribution is 0.407.